The van der Waals surface area contributed by atoms with Crippen LogP contribution in [0.5, 0.6) is 0 Å². The SMILES string of the molecule is CCCCCCCCCCCCCCC(=O)OC(CS(=O)(=O)O)(C(F)(F)F)C(F)(F)F. The topological polar surface area (TPSA) is 80.7 Å². The van der Waals surface area contributed by atoms with Crippen LogP contribution in [0.2, 0.25) is 0 Å². The number of carbonyl (C=O) groups excluding carboxylic acids is 1. The van der Waals surface area contributed by atoms with Crippen LogP contribution in [0.1, 0.15) is 90.4 Å². The summed E-state index contributed by atoms with van der Waals surface area (Å²) in [5, 5.41) is 0. The van der Waals surface area contributed by atoms with Crippen LogP contribution >= 0.6 is 0 Å². The molecule has 0 unspecified atom stereocenters. The highest BCUT2D eigenvalue weighted by Gasteiger charge is 2.75. The lowest BCUT2D eigenvalue weighted by atomic mass is 10.0. The largest absolute Gasteiger partial charge is 0.438 e. The van der Waals surface area contributed by atoms with Crippen LogP contribution in [0.3, 0.4) is 0 Å². The van der Waals surface area contributed by atoms with E-state index in [1.807, 2.05) is 0 Å². The third-order valence-corrected chi connectivity index (χ3v) is 5.60. The quantitative estimate of drug-likeness (QED) is 0.119. The van der Waals surface area contributed by atoms with E-state index in [1.54, 1.807) is 0 Å². The molecule has 0 atom stereocenters. The van der Waals surface area contributed by atoms with Crippen molar-refractivity contribution in [3.05, 3.63) is 0 Å². The molecule has 0 saturated carbocycles. The highest BCUT2D eigenvalue weighted by molar-refractivity contribution is 7.85. The van der Waals surface area contributed by atoms with Crippen LogP contribution in [0.15, 0.2) is 0 Å². The van der Waals surface area contributed by atoms with Gasteiger partial charge in [-0.15, -0.1) is 0 Å². The third kappa shape index (κ3) is 12.0. The van der Waals surface area contributed by atoms with Gasteiger partial charge in [-0.3, -0.25) is 9.35 Å². The molecular formula is C19H32F6O5S. The Morgan fingerprint density at radius 1 is 0.742 bits per heavy atom. The summed E-state index contributed by atoms with van der Waals surface area (Å²) in [6.07, 6.45) is -2.27. The molecule has 0 aromatic heterocycles. The van der Waals surface area contributed by atoms with E-state index in [1.165, 1.54) is 25.7 Å². The molecule has 0 fully saturated rings. The molecule has 31 heavy (non-hydrogen) atoms. The van der Waals surface area contributed by atoms with Crippen molar-refractivity contribution in [2.45, 2.75) is 108 Å². The van der Waals surface area contributed by atoms with E-state index in [9.17, 15) is 39.6 Å². The van der Waals surface area contributed by atoms with Crippen LogP contribution < -0.4 is 0 Å². The molecule has 0 aliphatic carbocycles. The summed E-state index contributed by atoms with van der Waals surface area (Å²) < 4.78 is 112. The van der Waals surface area contributed by atoms with Gasteiger partial charge in [-0.1, -0.05) is 77.6 Å². The van der Waals surface area contributed by atoms with Gasteiger partial charge in [0.05, 0.1) is 0 Å². The van der Waals surface area contributed by atoms with Gasteiger partial charge in [-0.25, -0.2) is 0 Å². The number of alkyl halides is 6. The minimum Gasteiger partial charge on any atom is -0.438 e. The second-order valence-corrected chi connectivity index (χ2v) is 9.11. The van der Waals surface area contributed by atoms with Crippen molar-refractivity contribution in [1.82, 2.24) is 0 Å². The second kappa shape index (κ2) is 13.5. The highest BCUT2D eigenvalue weighted by atomic mass is 32.2. The van der Waals surface area contributed by atoms with E-state index in [0.717, 1.165) is 32.1 Å². The fourth-order valence-corrected chi connectivity index (χ4v) is 3.98. The summed E-state index contributed by atoms with van der Waals surface area (Å²) in [5.74, 6) is -4.68. The van der Waals surface area contributed by atoms with Gasteiger partial charge >= 0.3 is 23.9 Å². The van der Waals surface area contributed by atoms with E-state index in [-0.39, 0.29) is 6.42 Å². The van der Waals surface area contributed by atoms with Crippen molar-refractivity contribution in [3.63, 3.8) is 0 Å². The summed E-state index contributed by atoms with van der Waals surface area (Å²) in [7, 11) is -5.76. The first kappa shape index (κ1) is 30.0. The van der Waals surface area contributed by atoms with Crippen molar-refractivity contribution < 1.29 is 48.8 Å². The van der Waals surface area contributed by atoms with Crippen LogP contribution in [0, 0.1) is 0 Å². The maximum atomic E-state index is 13.1. The molecule has 0 amide bonds. The molecule has 0 aliphatic rings. The zero-order valence-corrected chi connectivity index (χ0v) is 18.5. The third-order valence-electron chi connectivity index (χ3n) is 4.82. The molecule has 0 heterocycles. The summed E-state index contributed by atoms with van der Waals surface area (Å²) >= 11 is 0. The summed E-state index contributed by atoms with van der Waals surface area (Å²) in [6.45, 7) is 2.14. The lowest BCUT2D eigenvalue weighted by Gasteiger charge is -2.35. The Balaban J connectivity index is 4.42. The van der Waals surface area contributed by atoms with E-state index < -0.39 is 46.2 Å². The fraction of sp³-hybridized carbons (Fsp3) is 0.947. The summed E-state index contributed by atoms with van der Waals surface area (Å²) in [4.78, 5) is 11.6. The van der Waals surface area contributed by atoms with E-state index >= 15 is 0 Å². The number of halogens is 6. The second-order valence-electron chi connectivity index (χ2n) is 7.66. The maximum Gasteiger partial charge on any atom is 0.438 e. The van der Waals surface area contributed by atoms with Crippen molar-refractivity contribution in [2.24, 2.45) is 0 Å². The van der Waals surface area contributed by atoms with E-state index in [2.05, 4.69) is 11.7 Å². The number of rotatable bonds is 16. The van der Waals surface area contributed by atoms with E-state index in [0.29, 0.717) is 12.8 Å². The molecule has 0 rings (SSSR count). The molecule has 0 aromatic carbocycles. The number of ether oxygens (including phenoxy) is 1. The normalized spacial score (nSPS) is 13.4. The number of hydrogen-bond donors (Lipinski definition) is 1. The molecule has 1 N–H and O–H groups in total. The fourth-order valence-electron chi connectivity index (χ4n) is 3.08. The minimum absolute atomic E-state index is 0.00746. The van der Waals surface area contributed by atoms with Crippen molar-refractivity contribution in [1.29, 1.82) is 0 Å². The lowest BCUT2D eigenvalue weighted by Crippen LogP contribution is -2.63. The minimum atomic E-state index is -6.28. The summed E-state index contributed by atoms with van der Waals surface area (Å²) in [6, 6.07) is 0. The average Bonchev–Trinajstić information content (AvgIpc) is 2.59. The standard InChI is InChI=1S/C19H32F6O5S/c1-2-3-4-5-6-7-8-9-10-11-12-13-14-16(26)30-17(18(20,21)22,19(23,24)25)15-31(27,28)29/h2-15H2,1H3,(H,27,28,29). The molecular weight excluding hydrogens is 454 g/mol. The van der Waals surface area contributed by atoms with Gasteiger partial charge in [0.2, 0.25) is 0 Å². The van der Waals surface area contributed by atoms with E-state index in [4.69, 9.17) is 4.55 Å². The van der Waals surface area contributed by atoms with Crippen molar-refractivity contribution >= 4 is 16.1 Å². The first-order chi connectivity index (χ1) is 14.2. The zero-order chi connectivity index (χ0) is 24.2. The Kier molecular flexibility index (Phi) is 13.0. The van der Waals surface area contributed by atoms with Gasteiger partial charge in [-0.2, -0.15) is 34.8 Å². The predicted molar refractivity (Wildman–Crippen MR) is 103 cm³/mol. The molecule has 186 valence electrons. The van der Waals surface area contributed by atoms with Crippen molar-refractivity contribution in [3.8, 4) is 0 Å². The highest BCUT2D eigenvalue weighted by Crippen LogP contribution is 2.47. The van der Waals surface area contributed by atoms with Crippen molar-refractivity contribution in [2.75, 3.05) is 5.75 Å². The van der Waals surface area contributed by atoms with Gasteiger partial charge in [0.25, 0.3) is 10.1 Å². The molecule has 0 radical (unpaired) electrons. The van der Waals surface area contributed by atoms with Crippen LogP contribution in [0.25, 0.3) is 0 Å². The Hall–Kier alpha value is -1.04. The zero-order valence-electron chi connectivity index (χ0n) is 17.7. The number of carbonyl (C=O) groups is 1. The Labute approximate surface area is 179 Å². The Morgan fingerprint density at radius 2 is 1.10 bits per heavy atom. The van der Waals surface area contributed by atoms with Crippen LogP contribution in [0.4, 0.5) is 26.3 Å². The predicted octanol–water partition coefficient (Wildman–Crippen LogP) is 6.37. The molecule has 0 spiro atoms. The van der Waals surface area contributed by atoms with Gasteiger partial charge in [-0.05, 0) is 6.42 Å². The Bertz CT molecular complexity index is 602. The Morgan fingerprint density at radius 3 is 1.42 bits per heavy atom. The lowest BCUT2D eigenvalue weighted by molar-refractivity contribution is -0.361. The molecule has 0 saturated heterocycles. The van der Waals surface area contributed by atoms with Crippen LogP contribution in [-0.4, -0.2) is 42.6 Å². The van der Waals surface area contributed by atoms with Crippen LogP contribution in [-0.2, 0) is 19.6 Å². The molecule has 0 aliphatic heterocycles. The summed E-state index contributed by atoms with van der Waals surface area (Å²) in [5.41, 5.74) is -5.32. The number of hydrogen-bond acceptors (Lipinski definition) is 4. The average molecular weight is 487 g/mol. The van der Waals surface area contributed by atoms with Gasteiger partial charge in [0, 0.05) is 6.42 Å². The maximum absolute atomic E-state index is 13.1. The number of unbranched alkanes of at least 4 members (excludes halogenated alkanes) is 11. The number of esters is 1. The smallest absolute Gasteiger partial charge is 0.438 e. The first-order valence-electron chi connectivity index (χ1n) is 10.5. The molecule has 0 bridgehead atoms. The monoisotopic (exact) mass is 486 g/mol. The molecule has 5 nitrogen and oxygen atoms in total. The van der Waals surface area contributed by atoms with Gasteiger partial charge in [0.15, 0.2) is 0 Å². The molecule has 0 aromatic rings. The van der Waals surface area contributed by atoms with Gasteiger partial charge in [0.1, 0.15) is 5.75 Å². The first-order valence-corrected chi connectivity index (χ1v) is 12.1. The van der Waals surface area contributed by atoms with Gasteiger partial charge < -0.3 is 4.74 Å². The molecule has 12 heteroatoms.